The van der Waals surface area contributed by atoms with Gasteiger partial charge in [-0.05, 0) is 75.0 Å². The van der Waals surface area contributed by atoms with E-state index in [0.717, 1.165) is 22.9 Å². The summed E-state index contributed by atoms with van der Waals surface area (Å²) in [5.41, 5.74) is 4.74. The molecule has 5 aliphatic rings. The van der Waals surface area contributed by atoms with Crippen LogP contribution < -0.4 is 5.73 Å². The number of halogens is 1. The molecule has 1 aromatic heterocycles. The number of likely N-dealkylation sites (N-methyl/N-ethyl adjacent to an activating group) is 1. The molecule has 0 amide bonds. The van der Waals surface area contributed by atoms with Gasteiger partial charge in [0.1, 0.15) is 17.8 Å². The molecule has 3 unspecified atom stereocenters. The molecule has 9 atom stereocenters. The van der Waals surface area contributed by atoms with Gasteiger partial charge in [-0.3, -0.25) is 5.10 Å². The van der Waals surface area contributed by atoms with Gasteiger partial charge in [0.2, 0.25) is 0 Å². The van der Waals surface area contributed by atoms with E-state index < -0.39 is 41.2 Å². The summed E-state index contributed by atoms with van der Waals surface area (Å²) in [6, 6.07) is 5.66. The lowest BCUT2D eigenvalue weighted by molar-refractivity contribution is -0.308. The van der Waals surface area contributed by atoms with E-state index in [1.165, 1.54) is 5.57 Å². The third kappa shape index (κ3) is 2.62. The van der Waals surface area contributed by atoms with E-state index in [4.69, 9.17) is 10.5 Å². The fourth-order valence-corrected chi connectivity index (χ4v) is 8.74. The number of alkyl halides is 1. The molecule has 2 spiro atoms. The highest BCUT2D eigenvalue weighted by Crippen LogP contribution is 2.70. The van der Waals surface area contributed by atoms with Gasteiger partial charge in [0.25, 0.3) is 0 Å². The van der Waals surface area contributed by atoms with Crippen molar-refractivity contribution in [1.29, 1.82) is 0 Å². The monoisotopic (exact) mass is 510 g/mol. The van der Waals surface area contributed by atoms with Crippen LogP contribution in [0.4, 0.5) is 10.2 Å². The number of fused-ring (bicyclic) bond motifs is 2. The lowest BCUT2D eigenvalue weighted by Crippen LogP contribution is -2.78. The molecule has 3 heterocycles. The normalized spacial score (nSPS) is 46.4. The van der Waals surface area contributed by atoms with E-state index in [9.17, 15) is 15.3 Å². The second-order valence-corrected chi connectivity index (χ2v) is 12.4. The standard InChI is InChI=1S/C28H35FN4O4/c1-25-9-8-17-22(35)28(29)23(36)21(34)19(33(2)3)13-26(28)10-11-27(17,37-26)20(25)7-6-16(25)14-4-5-15-18(12-14)31-32-24(15)30/h4-6,8,12,19-23,34-36H,7,9-11,13H2,1-3H3,(H3,30,31,32)/t19-,20?,21+,22?,23-,25+,26+,27+,28?/m0/s1. The van der Waals surface area contributed by atoms with Crippen molar-refractivity contribution < 1.29 is 24.4 Å². The number of nitrogen functional groups attached to an aromatic ring is 1. The Hall–Kier alpha value is -2.30. The second-order valence-electron chi connectivity index (χ2n) is 12.4. The number of benzene rings is 1. The van der Waals surface area contributed by atoms with Crippen LogP contribution in [-0.4, -0.2) is 85.7 Å². The number of nitrogens with one attached hydrogen (secondary N) is 1. The van der Waals surface area contributed by atoms with Crippen molar-refractivity contribution in [3.05, 3.63) is 41.5 Å². The van der Waals surface area contributed by atoms with Crippen LogP contribution in [0.15, 0.2) is 35.9 Å². The SMILES string of the molecule is CN(C)[C@H]1C[C@@]23CC[C@@]4(O2)C(=CC[C@]2(C)C(c5ccc6c(N)n[nH]c6c5)=CCC24)C(O)C3(F)[C@@H](O)[C@@H]1O. The first-order valence-corrected chi connectivity index (χ1v) is 13.2. The molecule has 2 aliphatic heterocycles. The molecule has 3 aliphatic carbocycles. The molecular weight excluding hydrogens is 475 g/mol. The Bertz CT molecular complexity index is 1370. The Labute approximate surface area is 215 Å². The number of aliphatic hydroxyl groups excluding tert-OH is 3. The summed E-state index contributed by atoms with van der Waals surface area (Å²) in [5, 5.41) is 41.6. The van der Waals surface area contributed by atoms with Crippen LogP contribution in [0.25, 0.3) is 16.5 Å². The molecule has 0 radical (unpaired) electrons. The van der Waals surface area contributed by atoms with Gasteiger partial charge in [0.05, 0.1) is 17.2 Å². The molecule has 198 valence electrons. The molecule has 2 saturated heterocycles. The van der Waals surface area contributed by atoms with Crippen LogP contribution in [0.5, 0.6) is 0 Å². The van der Waals surface area contributed by atoms with Crippen molar-refractivity contribution in [2.75, 3.05) is 19.8 Å². The third-order valence-electron chi connectivity index (χ3n) is 10.7. The van der Waals surface area contributed by atoms with Crippen LogP contribution in [0.2, 0.25) is 0 Å². The Morgan fingerprint density at radius 2 is 1.97 bits per heavy atom. The molecule has 2 bridgehead atoms. The fraction of sp³-hybridized carbons (Fsp3) is 0.607. The molecule has 1 aromatic carbocycles. The molecule has 2 aromatic rings. The second kappa shape index (κ2) is 7.21. The Kier molecular flexibility index (Phi) is 4.64. The highest BCUT2D eigenvalue weighted by atomic mass is 19.1. The highest BCUT2D eigenvalue weighted by Gasteiger charge is 2.79. The van der Waals surface area contributed by atoms with E-state index >= 15 is 4.39 Å². The predicted molar refractivity (Wildman–Crippen MR) is 137 cm³/mol. The zero-order chi connectivity index (χ0) is 26.1. The first-order valence-electron chi connectivity index (χ1n) is 13.2. The van der Waals surface area contributed by atoms with E-state index in [0.29, 0.717) is 30.7 Å². The minimum absolute atomic E-state index is 0.0120. The number of nitrogens with two attached hydrogens (primary N) is 1. The van der Waals surface area contributed by atoms with Crippen LogP contribution in [0.1, 0.15) is 44.6 Å². The number of nitrogens with zero attached hydrogens (tertiary/aromatic N) is 2. The number of aromatic nitrogens is 2. The molecule has 6 N–H and O–H groups in total. The average molecular weight is 511 g/mol. The quantitative estimate of drug-likeness (QED) is 0.392. The van der Waals surface area contributed by atoms with E-state index in [1.54, 1.807) is 0 Å². The molecule has 8 nitrogen and oxygen atoms in total. The molecular formula is C28H35FN4O4. The first-order chi connectivity index (χ1) is 17.5. The molecule has 37 heavy (non-hydrogen) atoms. The number of ether oxygens (including phenoxy) is 1. The number of rotatable bonds is 2. The maximum Gasteiger partial charge on any atom is 0.197 e. The van der Waals surface area contributed by atoms with Gasteiger partial charge in [-0.2, -0.15) is 5.10 Å². The summed E-state index contributed by atoms with van der Waals surface area (Å²) in [4.78, 5) is 1.81. The number of anilines is 1. The summed E-state index contributed by atoms with van der Waals surface area (Å²) in [5.74, 6) is 0.486. The highest BCUT2D eigenvalue weighted by molar-refractivity contribution is 5.91. The van der Waals surface area contributed by atoms with E-state index in [-0.39, 0.29) is 17.8 Å². The minimum Gasteiger partial charge on any atom is -0.389 e. The predicted octanol–water partition coefficient (Wildman–Crippen LogP) is 2.31. The largest absolute Gasteiger partial charge is 0.389 e. The van der Waals surface area contributed by atoms with Gasteiger partial charge in [0.15, 0.2) is 11.5 Å². The average Bonchev–Trinajstić information content (AvgIpc) is 3.53. The van der Waals surface area contributed by atoms with Crippen molar-refractivity contribution in [3.8, 4) is 0 Å². The maximum atomic E-state index is 17.0. The summed E-state index contributed by atoms with van der Waals surface area (Å²) in [6.07, 6.45) is 2.13. The third-order valence-corrected chi connectivity index (χ3v) is 10.7. The molecule has 7 rings (SSSR count). The fourth-order valence-electron chi connectivity index (χ4n) is 8.74. The van der Waals surface area contributed by atoms with Gasteiger partial charge < -0.3 is 30.7 Å². The number of allylic oxidation sites excluding steroid dienone is 3. The molecule has 1 saturated carbocycles. The number of aromatic amines is 1. The van der Waals surface area contributed by atoms with Crippen molar-refractivity contribution in [2.45, 2.75) is 80.3 Å². The molecule has 3 fully saturated rings. The zero-order valence-corrected chi connectivity index (χ0v) is 21.4. The number of H-pyrrole nitrogens is 1. The topological polar surface area (TPSA) is 128 Å². The van der Waals surface area contributed by atoms with E-state index in [2.05, 4.69) is 35.3 Å². The Morgan fingerprint density at radius 1 is 1.19 bits per heavy atom. The first kappa shape index (κ1) is 23.8. The van der Waals surface area contributed by atoms with Crippen LogP contribution in [0, 0.1) is 11.3 Å². The van der Waals surface area contributed by atoms with Gasteiger partial charge >= 0.3 is 0 Å². The zero-order valence-electron chi connectivity index (χ0n) is 21.4. The number of aliphatic hydroxyl groups is 3. The van der Waals surface area contributed by atoms with Crippen molar-refractivity contribution in [3.63, 3.8) is 0 Å². The summed E-state index contributed by atoms with van der Waals surface area (Å²) in [7, 11) is 3.62. The van der Waals surface area contributed by atoms with Crippen molar-refractivity contribution in [1.82, 2.24) is 15.1 Å². The lowest BCUT2D eigenvalue weighted by Gasteiger charge is -2.62. The van der Waals surface area contributed by atoms with Gasteiger partial charge in [-0.25, -0.2) is 4.39 Å². The van der Waals surface area contributed by atoms with Gasteiger partial charge in [-0.1, -0.05) is 25.1 Å². The van der Waals surface area contributed by atoms with Gasteiger partial charge in [0, 0.05) is 22.8 Å². The summed E-state index contributed by atoms with van der Waals surface area (Å²) in [6.45, 7) is 2.24. The van der Waals surface area contributed by atoms with Crippen LogP contribution in [-0.2, 0) is 4.74 Å². The summed E-state index contributed by atoms with van der Waals surface area (Å²) >= 11 is 0. The van der Waals surface area contributed by atoms with Crippen molar-refractivity contribution >= 4 is 22.3 Å². The number of hydrogen-bond donors (Lipinski definition) is 5. The number of hydrogen-bond acceptors (Lipinski definition) is 7. The van der Waals surface area contributed by atoms with E-state index in [1.807, 2.05) is 31.1 Å². The Morgan fingerprint density at radius 3 is 2.73 bits per heavy atom. The maximum absolute atomic E-state index is 17.0. The van der Waals surface area contributed by atoms with Crippen molar-refractivity contribution in [2.24, 2.45) is 11.3 Å². The lowest BCUT2D eigenvalue weighted by atomic mass is 9.55. The van der Waals surface area contributed by atoms with Crippen LogP contribution >= 0.6 is 0 Å². The Balaban J connectivity index is 1.32. The minimum atomic E-state index is -2.47. The smallest absolute Gasteiger partial charge is 0.197 e. The van der Waals surface area contributed by atoms with Crippen LogP contribution in [0.3, 0.4) is 0 Å². The molecule has 9 heteroatoms. The summed E-state index contributed by atoms with van der Waals surface area (Å²) < 4.78 is 23.9. The van der Waals surface area contributed by atoms with Gasteiger partial charge in [-0.15, -0.1) is 0 Å².